The van der Waals surface area contributed by atoms with E-state index in [-0.39, 0.29) is 30.1 Å². The zero-order valence-corrected chi connectivity index (χ0v) is 19.7. The van der Waals surface area contributed by atoms with Crippen LogP contribution in [0.2, 0.25) is 0 Å². The summed E-state index contributed by atoms with van der Waals surface area (Å²) in [5, 5.41) is 6.79. The number of rotatable bonds is 7. The monoisotopic (exact) mass is 496 g/mol. The Morgan fingerprint density at radius 1 is 1.26 bits per heavy atom. The lowest BCUT2D eigenvalue weighted by Gasteiger charge is -2.27. The van der Waals surface area contributed by atoms with Gasteiger partial charge in [0.15, 0.2) is 5.96 Å². The van der Waals surface area contributed by atoms with Crippen LogP contribution in [0, 0.1) is 0 Å². The first-order valence-electron chi connectivity index (χ1n) is 10.0. The van der Waals surface area contributed by atoms with Crippen LogP contribution in [0.5, 0.6) is 0 Å². The van der Waals surface area contributed by atoms with Crippen molar-refractivity contribution in [3.05, 3.63) is 0 Å². The Balaban J connectivity index is 0.00000364. The first-order valence-corrected chi connectivity index (χ1v) is 10.0. The highest BCUT2D eigenvalue weighted by atomic mass is 127. The number of hydrogen-bond acceptors (Lipinski definition) is 4. The van der Waals surface area contributed by atoms with Crippen molar-refractivity contribution in [1.29, 1.82) is 0 Å². The molecule has 1 amide bonds. The molecule has 0 aromatic rings. The van der Waals surface area contributed by atoms with Crippen LogP contribution in [0.1, 0.15) is 60.3 Å². The second kappa shape index (κ2) is 11.3. The van der Waals surface area contributed by atoms with Crippen LogP contribution >= 0.6 is 24.0 Å². The van der Waals surface area contributed by atoms with Crippen molar-refractivity contribution in [2.75, 3.05) is 26.2 Å². The predicted octanol–water partition coefficient (Wildman–Crippen LogP) is 3.13. The minimum atomic E-state index is -0.482. The van der Waals surface area contributed by atoms with E-state index in [2.05, 4.69) is 29.5 Å². The molecule has 0 aromatic heterocycles. The van der Waals surface area contributed by atoms with Crippen molar-refractivity contribution in [3.8, 4) is 0 Å². The van der Waals surface area contributed by atoms with Crippen LogP contribution in [0.4, 0.5) is 4.79 Å². The third-order valence-electron chi connectivity index (χ3n) is 4.56. The molecule has 3 unspecified atom stereocenters. The molecular weight excluding hydrogens is 459 g/mol. The smallest absolute Gasteiger partial charge is 0.410 e. The summed E-state index contributed by atoms with van der Waals surface area (Å²) in [6.07, 6.45) is 4.70. The molecule has 2 rings (SSSR count). The third-order valence-corrected chi connectivity index (χ3v) is 4.56. The SMILES string of the molecule is CCCN(CCN=C(NCC)NC1CC2CCC1O2)C(=O)OC(C)(C)C.I. The summed E-state index contributed by atoms with van der Waals surface area (Å²) in [6.45, 7) is 12.3. The van der Waals surface area contributed by atoms with Gasteiger partial charge in [-0.05, 0) is 53.4 Å². The first kappa shape index (κ1) is 24.3. The van der Waals surface area contributed by atoms with Crippen molar-refractivity contribution >= 4 is 36.0 Å². The predicted molar refractivity (Wildman–Crippen MR) is 119 cm³/mol. The average molecular weight is 496 g/mol. The fourth-order valence-electron chi connectivity index (χ4n) is 3.46. The van der Waals surface area contributed by atoms with Gasteiger partial charge in [0, 0.05) is 19.6 Å². The minimum Gasteiger partial charge on any atom is -0.444 e. The minimum absolute atomic E-state index is 0. The van der Waals surface area contributed by atoms with E-state index in [9.17, 15) is 4.79 Å². The van der Waals surface area contributed by atoms with E-state index in [1.54, 1.807) is 4.90 Å². The molecule has 27 heavy (non-hydrogen) atoms. The molecule has 0 spiro atoms. The normalized spacial score (nSPS) is 24.3. The van der Waals surface area contributed by atoms with Gasteiger partial charge in [0.25, 0.3) is 0 Å². The molecule has 2 aliphatic heterocycles. The number of carbonyl (C=O) groups excluding carboxylic acids is 1. The number of guanidine groups is 1. The highest BCUT2D eigenvalue weighted by Gasteiger charge is 2.41. The lowest BCUT2D eigenvalue weighted by molar-refractivity contribution is 0.0256. The largest absolute Gasteiger partial charge is 0.444 e. The third kappa shape index (κ3) is 8.01. The Hall–Kier alpha value is -0.770. The molecule has 2 N–H and O–H groups in total. The standard InChI is InChI=1S/C19H36N4O3.HI/c1-6-11-23(18(24)26-19(3,4)5)12-10-21-17(20-7-2)22-15-13-14-8-9-16(15)25-14;/h14-16H,6-13H2,1-5H3,(H2,20,21,22);1H. The van der Waals surface area contributed by atoms with Crippen LogP contribution in [-0.4, -0.2) is 67.0 Å². The van der Waals surface area contributed by atoms with Crippen LogP contribution < -0.4 is 10.6 Å². The van der Waals surface area contributed by atoms with Gasteiger partial charge in [-0.3, -0.25) is 4.99 Å². The number of fused-ring (bicyclic) bond motifs is 2. The molecule has 3 atom stereocenters. The van der Waals surface area contributed by atoms with Gasteiger partial charge < -0.3 is 25.0 Å². The Kier molecular flexibility index (Phi) is 10.1. The molecule has 2 saturated heterocycles. The van der Waals surface area contributed by atoms with E-state index in [4.69, 9.17) is 9.47 Å². The Morgan fingerprint density at radius 2 is 2.00 bits per heavy atom. The lowest BCUT2D eigenvalue weighted by atomic mass is 9.96. The Bertz CT molecular complexity index is 496. The quantitative estimate of drug-likeness (QED) is 0.322. The van der Waals surface area contributed by atoms with E-state index in [1.165, 1.54) is 6.42 Å². The topological polar surface area (TPSA) is 75.2 Å². The first-order chi connectivity index (χ1) is 12.3. The van der Waals surface area contributed by atoms with Gasteiger partial charge in [-0.2, -0.15) is 0 Å². The van der Waals surface area contributed by atoms with Gasteiger partial charge >= 0.3 is 6.09 Å². The second-order valence-electron chi connectivity index (χ2n) is 8.09. The van der Waals surface area contributed by atoms with Crippen molar-refractivity contribution in [2.45, 2.75) is 84.2 Å². The summed E-state index contributed by atoms with van der Waals surface area (Å²) in [7, 11) is 0. The Labute approximate surface area is 181 Å². The molecule has 0 saturated carbocycles. The van der Waals surface area contributed by atoms with Crippen molar-refractivity contribution in [2.24, 2.45) is 4.99 Å². The van der Waals surface area contributed by atoms with E-state index in [0.717, 1.165) is 31.8 Å². The Morgan fingerprint density at radius 3 is 2.52 bits per heavy atom. The molecule has 2 heterocycles. The molecule has 2 bridgehead atoms. The van der Waals surface area contributed by atoms with Crippen LogP contribution in [0.25, 0.3) is 0 Å². The van der Waals surface area contributed by atoms with E-state index < -0.39 is 5.60 Å². The summed E-state index contributed by atoms with van der Waals surface area (Å²) in [5.41, 5.74) is -0.482. The van der Waals surface area contributed by atoms with Gasteiger partial charge in [-0.1, -0.05) is 6.92 Å². The van der Waals surface area contributed by atoms with Gasteiger partial charge in [0.2, 0.25) is 0 Å². The number of aliphatic imine (C=N–C) groups is 1. The molecule has 8 heteroatoms. The zero-order chi connectivity index (χ0) is 19.2. The van der Waals surface area contributed by atoms with Crippen molar-refractivity contribution in [3.63, 3.8) is 0 Å². The molecule has 0 aliphatic carbocycles. The van der Waals surface area contributed by atoms with Crippen molar-refractivity contribution in [1.82, 2.24) is 15.5 Å². The summed E-state index contributed by atoms with van der Waals surface area (Å²) in [4.78, 5) is 18.7. The molecule has 2 fully saturated rings. The van der Waals surface area contributed by atoms with Gasteiger partial charge in [0.05, 0.1) is 24.8 Å². The number of ether oxygens (including phenoxy) is 2. The molecule has 7 nitrogen and oxygen atoms in total. The molecule has 2 aliphatic rings. The molecule has 158 valence electrons. The molecule has 0 aromatic carbocycles. The fourth-order valence-corrected chi connectivity index (χ4v) is 3.46. The summed E-state index contributed by atoms with van der Waals surface area (Å²) < 4.78 is 11.4. The summed E-state index contributed by atoms with van der Waals surface area (Å²) in [5.74, 6) is 0.800. The second-order valence-corrected chi connectivity index (χ2v) is 8.09. The van der Waals surface area contributed by atoms with Crippen LogP contribution in [0.15, 0.2) is 4.99 Å². The summed E-state index contributed by atoms with van der Waals surface area (Å²) >= 11 is 0. The maximum Gasteiger partial charge on any atom is 0.410 e. The van der Waals surface area contributed by atoms with Crippen LogP contribution in [-0.2, 0) is 9.47 Å². The number of carbonyl (C=O) groups is 1. The van der Waals surface area contributed by atoms with Crippen molar-refractivity contribution < 1.29 is 14.3 Å². The number of nitrogens with zero attached hydrogens (tertiary/aromatic N) is 2. The van der Waals surface area contributed by atoms with Gasteiger partial charge in [-0.25, -0.2) is 4.79 Å². The maximum absolute atomic E-state index is 12.3. The van der Waals surface area contributed by atoms with Gasteiger partial charge in [-0.15, -0.1) is 24.0 Å². The number of amides is 1. The van der Waals surface area contributed by atoms with E-state index >= 15 is 0 Å². The summed E-state index contributed by atoms with van der Waals surface area (Å²) in [6, 6.07) is 0.337. The maximum atomic E-state index is 12.3. The van der Waals surface area contributed by atoms with Crippen LogP contribution in [0.3, 0.4) is 0 Å². The molecular formula is C19H37IN4O3. The number of nitrogens with one attached hydrogen (secondary N) is 2. The zero-order valence-electron chi connectivity index (χ0n) is 17.4. The number of halogens is 1. The highest BCUT2D eigenvalue weighted by Crippen LogP contribution is 2.34. The van der Waals surface area contributed by atoms with Gasteiger partial charge in [0.1, 0.15) is 5.60 Å². The lowest BCUT2D eigenvalue weighted by Crippen LogP contribution is -2.47. The number of hydrogen-bond donors (Lipinski definition) is 2. The average Bonchev–Trinajstić information content (AvgIpc) is 3.15. The molecule has 0 radical (unpaired) electrons. The van der Waals surface area contributed by atoms with E-state index in [1.807, 2.05) is 20.8 Å². The fraction of sp³-hybridized carbons (Fsp3) is 0.895. The van der Waals surface area contributed by atoms with E-state index in [0.29, 0.717) is 37.9 Å². The highest BCUT2D eigenvalue weighted by molar-refractivity contribution is 14.0.